The van der Waals surface area contributed by atoms with E-state index in [1.54, 1.807) is 24.3 Å². The molecule has 0 spiro atoms. The molecular weight excluding hydrogens is 382 g/mol. The monoisotopic (exact) mass is 401 g/mol. The van der Waals surface area contributed by atoms with Crippen molar-refractivity contribution in [3.05, 3.63) is 59.7 Å². The molecule has 0 saturated carbocycles. The number of carbonyl (C=O) groups excluding carboxylic acids is 1. The van der Waals surface area contributed by atoms with Crippen molar-refractivity contribution in [2.75, 3.05) is 17.8 Å². The zero-order valence-electron chi connectivity index (χ0n) is 15.3. The molecule has 28 heavy (non-hydrogen) atoms. The van der Waals surface area contributed by atoms with Crippen LogP contribution in [0.3, 0.4) is 0 Å². The standard InChI is InChI=1S/C19H19N3O5S/c1-12(23)22-17(14-5-8-18-19(9-14)27-11-26-18)10-16(20-22)13-3-6-15(7-4-13)21-28(2,24)25/h3-10,17,20-21H,11H2,1-2H3. The first-order valence-electron chi connectivity index (χ1n) is 8.56. The van der Waals surface area contributed by atoms with Gasteiger partial charge in [-0.3, -0.25) is 14.9 Å². The summed E-state index contributed by atoms with van der Waals surface area (Å²) >= 11 is 0. The molecule has 2 N–H and O–H groups in total. The van der Waals surface area contributed by atoms with Crippen molar-refractivity contribution in [2.24, 2.45) is 0 Å². The van der Waals surface area contributed by atoms with E-state index in [9.17, 15) is 13.2 Å². The summed E-state index contributed by atoms with van der Waals surface area (Å²) < 4.78 is 35.9. The SMILES string of the molecule is CC(=O)N1NC(c2ccc(NS(C)(=O)=O)cc2)=CC1c1ccc2c(c1)OCO2. The maximum atomic E-state index is 12.1. The van der Waals surface area contributed by atoms with Crippen LogP contribution in [0.4, 0.5) is 5.69 Å². The fourth-order valence-corrected chi connectivity index (χ4v) is 3.74. The van der Waals surface area contributed by atoms with Gasteiger partial charge < -0.3 is 9.47 Å². The third-order valence-corrected chi connectivity index (χ3v) is 5.03. The number of amides is 1. The minimum atomic E-state index is -3.33. The molecule has 1 atom stereocenters. The van der Waals surface area contributed by atoms with Gasteiger partial charge in [-0.1, -0.05) is 18.2 Å². The van der Waals surface area contributed by atoms with Gasteiger partial charge in [0, 0.05) is 12.6 Å². The number of ether oxygens (including phenoxy) is 2. The van der Waals surface area contributed by atoms with E-state index in [2.05, 4.69) is 10.1 Å². The maximum Gasteiger partial charge on any atom is 0.238 e. The van der Waals surface area contributed by atoms with E-state index in [0.717, 1.165) is 23.1 Å². The van der Waals surface area contributed by atoms with Crippen LogP contribution in [0.15, 0.2) is 48.5 Å². The zero-order valence-corrected chi connectivity index (χ0v) is 16.1. The number of anilines is 1. The fourth-order valence-electron chi connectivity index (χ4n) is 3.18. The molecule has 0 fully saturated rings. The lowest BCUT2D eigenvalue weighted by atomic mass is 10.0. The van der Waals surface area contributed by atoms with Crippen molar-refractivity contribution < 1.29 is 22.7 Å². The topological polar surface area (TPSA) is 97.0 Å². The number of hydrazine groups is 1. The Morgan fingerprint density at radius 2 is 1.86 bits per heavy atom. The molecule has 9 heteroatoms. The Morgan fingerprint density at radius 1 is 1.14 bits per heavy atom. The van der Waals surface area contributed by atoms with Crippen LogP contribution in [-0.2, 0) is 14.8 Å². The van der Waals surface area contributed by atoms with E-state index in [0.29, 0.717) is 17.2 Å². The Balaban J connectivity index is 1.63. The third kappa shape index (κ3) is 3.61. The number of sulfonamides is 1. The van der Waals surface area contributed by atoms with Crippen LogP contribution in [-0.4, -0.2) is 32.4 Å². The number of nitrogens with one attached hydrogen (secondary N) is 2. The summed E-state index contributed by atoms with van der Waals surface area (Å²) in [7, 11) is -3.33. The molecule has 2 aromatic rings. The minimum Gasteiger partial charge on any atom is -0.454 e. The quantitative estimate of drug-likeness (QED) is 0.816. The average Bonchev–Trinajstić information content (AvgIpc) is 3.27. The molecule has 2 heterocycles. The third-order valence-electron chi connectivity index (χ3n) is 4.42. The first-order chi connectivity index (χ1) is 13.3. The van der Waals surface area contributed by atoms with Gasteiger partial charge in [-0.05, 0) is 41.5 Å². The summed E-state index contributed by atoms with van der Waals surface area (Å²) in [4.78, 5) is 12.1. The van der Waals surface area contributed by atoms with Gasteiger partial charge in [0.2, 0.25) is 22.7 Å². The molecular formula is C19H19N3O5S. The maximum absolute atomic E-state index is 12.1. The molecule has 0 aliphatic carbocycles. The Kier molecular flexibility index (Phi) is 4.38. The van der Waals surface area contributed by atoms with Gasteiger partial charge in [-0.25, -0.2) is 13.4 Å². The number of benzene rings is 2. The number of rotatable bonds is 4. The highest BCUT2D eigenvalue weighted by atomic mass is 32.2. The summed E-state index contributed by atoms with van der Waals surface area (Å²) in [5.74, 6) is 1.20. The number of carbonyl (C=O) groups is 1. The first-order valence-corrected chi connectivity index (χ1v) is 10.5. The average molecular weight is 401 g/mol. The second kappa shape index (κ2) is 6.75. The fraction of sp³-hybridized carbons (Fsp3) is 0.211. The molecule has 4 rings (SSSR count). The minimum absolute atomic E-state index is 0.135. The van der Waals surface area contributed by atoms with E-state index in [-0.39, 0.29) is 18.7 Å². The Hall–Kier alpha value is -3.20. The highest BCUT2D eigenvalue weighted by molar-refractivity contribution is 7.92. The predicted octanol–water partition coefficient (Wildman–Crippen LogP) is 2.24. The molecule has 0 aromatic heterocycles. The van der Waals surface area contributed by atoms with Gasteiger partial charge in [0.1, 0.15) is 0 Å². The van der Waals surface area contributed by atoms with Crippen LogP contribution in [0.5, 0.6) is 11.5 Å². The van der Waals surface area contributed by atoms with E-state index < -0.39 is 10.0 Å². The highest BCUT2D eigenvalue weighted by Crippen LogP contribution is 2.38. The summed E-state index contributed by atoms with van der Waals surface area (Å²) in [6.45, 7) is 1.68. The molecule has 1 amide bonds. The van der Waals surface area contributed by atoms with E-state index in [1.807, 2.05) is 24.3 Å². The summed E-state index contributed by atoms with van der Waals surface area (Å²) in [6, 6.07) is 12.2. The first kappa shape index (κ1) is 18.2. The molecule has 0 radical (unpaired) electrons. The van der Waals surface area contributed by atoms with Crippen molar-refractivity contribution >= 4 is 27.3 Å². The molecule has 0 bridgehead atoms. The highest BCUT2D eigenvalue weighted by Gasteiger charge is 2.30. The molecule has 2 aliphatic heterocycles. The van der Waals surface area contributed by atoms with Crippen LogP contribution in [0.25, 0.3) is 5.70 Å². The van der Waals surface area contributed by atoms with E-state index >= 15 is 0 Å². The van der Waals surface area contributed by atoms with Crippen LogP contribution in [0.1, 0.15) is 24.1 Å². The van der Waals surface area contributed by atoms with Crippen LogP contribution >= 0.6 is 0 Å². The molecule has 146 valence electrons. The zero-order chi connectivity index (χ0) is 19.9. The lowest BCUT2D eigenvalue weighted by molar-refractivity contribution is -0.132. The van der Waals surface area contributed by atoms with Crippen LogP contribution in [0, 0.1) is 0 Å². The summed E-state index contributed by atoms with van der Waals surface area (Å²) in [6.07, 6.45) is 3.04. The van der Waals surface area contributed by atoms with E-state index in [4.69, 9.17) is 9.47 Å². The summed E-state index contributed by atoms with van der Waals surface area (Å²) in [5, 5.41) is 1.54. The van der Waals surface area contributed by atoms with Gasteiger partial charge in [0.15, 0.2) is 11.5 Å². The predicted molar refractivity (Wildman–Crippen MR) is 104 cm³/mol. The van der Waals surface area contributed by atoms with Crippen molar-refractivity contribution in [3.63, 3.8) is 0 Å². The molecule has 1 unspecified atom stereocenters. The number of nitrogens with zero attached hydrogens (tertiary/aromatic N) is 1. The normalized spacial score (nSPS) is 17.9. The molecule has 2 aliphatic rings. The molecule has 8 nitrogen and oxygen atoms in total. The number of hydrogen-bond acceptors (Lipinski definition) is 6. The molecule has 2 aromatic carbocycles. The lowest BCUT2D eigenvalue weighted by Crippen LogP contribution is -2.37. The largest absolute Gasteiger partial charge is 0.454 e. The van der Waals surface area contributed by atoms with Gasteiger partial charge in [-0.2, -0.15) is 0 Å². The van der Waals surface area contributed by atoms with Crippen LogP contribution < -0.4 is 19.6 Å². The van der Waals surface area contributed by atoms with E-state index in [1.165, 1.54) is 11.9 Å². The van der Waals surface area contributed by atoms with Crippen molar-refractivity contribution in [1.82, 2.24) is 10.4 Å². The van der Waals surface area contributed by atoms with Crippen molar-refractivity contribution in [3.8, 4) is 11.5 Å². The summed E-state index contributed by atoms with van der Waals surface area (Å²) in [5.41, 5.74) is 6.06. The van der Waals surface area contributed by atoms with Gasteiger partial charge in [-0.15, -0.1) is 0 Å². The number of fused-ring (bicyclic) bond motifs is 1. The van der Waals surface area contributed by atoms with Gasteiger partial charge in [0.25, 0.3) is 0 Å². The lowest BCUT2D eigenvalue weighted by Gasteiger charge is -2.24. The van der Waals surface area contributed by atoms with Gasteiger partial charge >= 0.3 is 0 Å². The molecule has 0 saturated heterocycles. The van der Waals surface area contributed by atoms with Crippen LogP contribution in [0.2, 0.25) is 0 Å². The van der Waals surface area contributed by atoms with Gasteiger partial charge in [0.05, 0.1) is 18.0 Å². The number of hydrogen-bond donors (Lipinski definition) is 2. The Bertz CT molecular complexity index is 1060. The second-order valence-electron chi connectivity index (χ2n) is 6.59. The van der Waals surface area contributed by atoms with Crippen molar-refractivity contribution in [2.45, 2.75) is 13.0 Å². The Labute approximate surface area is 162 Å². The second-order valence-corrected chi connectivity index (χ2v) is 8.34. The Morgan fingerprint density at radius 3 is 2.54 bits per heavy atom. The smallest absolute Gasteiger partial charge is 0.238 e. The van der Waals surface area contributed by atoms with Crippen molar-refractivity contribution in [1.29, 1.82) is 0 Å².